The molecule has 2 aromatic carbocycles. The van der Waals surface area contributed by atoms with Gasteiger partial charge in [-0.25, -0.2) is 4.98 Å². The summed E-state index contributed by atoms with van der Waals surface area (Å²) in [5, 5.41) is 0. The smallest absolute Gasteiger partial charge is 0.201 e. The van der Waals surface area contributed by atoms with Crippen LogP contribution in [0.3, 0.4) is 0 Å². The van der Waals surface area contributed by atoms with Crippen LogP contribution in [0, 0.1) is 0 Å². The fourth-order valence-electron chi connectivity index (χ4n) is 2.37. The van der Waals surface area contributed by atoms with E-state index < -0.39 is 0 Å². The number of imidazole rings is 1. The van der Waals surface area contributed by atoms with Crippen molar-refractivity contribution in [2.45, 2.75) is 13.0 Å². The zero-order chi connectivity index (χ0) is 13.4. The van der Waals surface area contributed by atoms with Gasteiger partial charge in [0.1, 0.15) is 0 Å². The second-order valence-corrected chi connectivity index (χ2v) is 5.48. The summed E-state index contributed by atoms with van der Waals surface area (Å²) in [6.45, 7) is 2.13. The number of nitrogen functional groups attached to an aromatic ring is 1. The van der Waals surface area contributed by atoms with E-state index >= 15 is 0 Å². The standard InChI is InChI=1S/C15H14BrN3/c1-10(11-5-3-2-4-6-11)19-14-9-12(16)7-8-13(14)18-15(19)17/h2-10H,1H3,(H2,17,18)/t10-/m0/s1. The van der Waals surface area contributed by atoms with Crippen molar-refractivity contribution in [2.75, 3.05) is 5.73 Å². The number of benzene rings is 2. The molecular formula is C15H14BrN3. The molecule has 1 heterocycles. The van der Waals surface area contributed by atoms with Gasteiger partial charge in [-0.1, -0.05) is 46.3 Å². The monoisotopic (exact) mass is 315 g/mol. The van der Waals surface area contributed by atoms with Crippen molar-refractivity contribution < 1.29 is 0 Å². The Hall–Kier alpha value is -1.81. The second kappa shape index (κ2) is 4.70. The zero-order valence-corrected chi connectivity index (χ0v) is 12.1. The molecule has 0 saturated heterocycles. The Morgan fingerprint density at radius 2 is 1.89 bits per heavy atom. The van der Waals surface area contributed by atoms with Crippen LogP contribution >= 0.6 is 15.9 Å². The number of fused-ring (bicyclic) bond motifs is 1. The van der Waals surface area contributed by atoms with Gasteiger partial charge in [0, 0.05) is 4.47 Å². The molecule has 1 atom stereocenters. The number of halogens is 1. The summed E-state index contributed by atoms with van der Waals surface area (Å²) in [7, 11) is 0. The minimum Gasteiger partial charge on any atom is -0.369 e. The summed E-state index contributed by atoms with van der Waals surface area (Å²) in [6, 6.07) is 16.5. The average Bonchev–Trinajstić information content (AvgIpc) is 2.74. The largest absolute Gasteiger partial charge is 0.369 e. The van der Waals surface area contributed by atoms with E-state index in [4.69, 9.17) is 5.73 Å². The van der Waals surface area contributed by atoms with E-state index in [1.807, 2.05) is 30.3 Å². The second-order valence-electron chi connectivity index (χ2n) is 4.56. The normalized spacial score (nSPS) is 12.7. The highest BCUT2D eigenvalue weighted by molar-refractivity contribution is 9.10. The van der Waals surface area contributed by atoms with Crippen LogP contribution in [0.1, 0.15) is 18.5 Å². The first-order chi connectivity index (χ1) is 9.16. The molecule has 2 N–H and O–H groups in total. The van der Waals surface area contributed by atoms with E-state index in [9.17, 15) is 0 Å². The van der Waals surface area contributed by atoms with Crippen LogP contribution in [-0.4, -0.2) is 9.55 Å². The summed E-state index contributed by atoms with van der Waals surface area (Å²) >= 11 is 3.50. The number of hydrogen-bond donors (Lipinski definition) is 1. The highest BCUT2D eigenvalue weighted by atomic mass is 79.9. The molecule has 19 heavy (non-hydrogen) atoms. The summed E-state index contributed by atoms with van der Waals surface area (Å²) in [6.07, 6.45) is 0. The summed E-state index contributed by atoms with van der Waals surface area (Å²) in [5.41, 5.74) is 9.26. The number of aromatic nitrogens is 2. The molecule has 0 saturated carbocycles. The molecule has 4 heteroatoms. The summed E-state index contributed by atoms with van der Waals surface area (Å²) in [4.78, 5) is 4.42. The third-order valence-electron chi connectivity index (χ3n) is 3.35. The number of nitrogens with zero attached hydrogens (tertiary/aromatic N) is 2. The zero-order valence-electron chi connectivity index (χ0n) is 10.5. The van der Waals surface area contributed by atoms with Crippen molar-refractivity contribution in [1.29, 1.82) is 0 Å². The van der Waals surface area contributed by atoms with Crippen molar-refractivity contribution in [3.8, 4) is 0 Å². The third kappa shape index (κ3) is 2.12. The predicted octanol–water partition coefficient (Wildman–Crippen LogP) is 3.99. The number of hydrogen-bond acceptors (Lipinski definition) is 2. The van der Waals surface area contributed by atoms with E-state index in [2.05, 4.69) is 50.6 Å². The Morgan fingerprint density at radius 3 is 2.63 bits per heavy atom. The Bertz CT molecular complexity index is 719. The lowest BCUT2D eigenvalue weighted by Gasteiger charge is -2.16. The van der Waals surface area contributed by atoms with Crippen LogP contribution in [0.4, 0.5) is 5.95 Å². The van der Waals surface area contributed by atoms with Crippen LogP contribution in [-0.2, 0) is 0 Å². The van der Waals surface area contributed by atoms with Crippen molar-refractivity contribution >= 4 is 32.9 Å². The SMILES string of the molecule is C[C@@H](c1ccccc1)n1c(N)nc2ccc(Br)cc21. The van der Waals surface area contributed by atoms with Crippen LogP contribution < -0.4 is 5.73 Å². The maximum Gasteiger partial charge on any atom is 0.201 e. The van der Waals surface area contributed by atoms with Gasteiger partial charge in [0.15, 0.2) is 0 Å². The lowest BCUT2D eigenvalue weighted by atomic mass is 10.1. The predicted molar refractivity (Wildman–Crippen MR) is 82.1 cm³/mol. The Balaban J connectivity index is 2.19. The highest BCUT2D eigenvalue weighted by Crippen LogP contribution is 2.28. The molecule has 0 aliphatic heterocycles. The Morgan fingerprint density at radius 1 is 1.16 bits per heavy atom. The van der Waals surface area contributed by atoms with Crippen LogP contribution in [0.5, 0.6) is 0 Å². The summed E-state index contributed by atoms with van der Waals surface area (Å²) in [5.74, 6) is 0.546. The molecule has 1 aromatic heterocycles. The molecule has 0 spiro atoms. The van der Waals surface area contributed by atoms with Gasteiger partial charge in [-0.15, -0.1) is 0 Å². The molecule has 0 radical (unpaired) electrons. The third-order valence-corrected chi connectivity index (χ3v) is 3.84. The highest BCUT2D eigenvalue weighted by Gasteiger charge is 2.15. The maximum atomic E-state index is 6.08. The van der Waals surface area contributed by atoms with Crippen molar-refractivity contribution in [2.24, 2.45) is 0 Å². The molecule has 0 fully saturated rings. The van der Waals surface area contributed by atoms with Gasteiger partial charge in [-0.3, -0.25) is 0 Å². The van der Waals surface area contributed by atoms with Crippen molar-refractivity contribution in [3.63, 3.8) is 0 Å². The first-order valence-corrected chi connectivity index (χ1v) is 6.94. The molecule has 0 aliphatic rings. The van der Waals surface area contributed by atoms with Crippen LogP contribution in [0.2, 0.25) is 0 Å². The molecule has 0 aliphatic carbocycles. The van der Waals surface area contributed by atoms with Gasteiger partial charge in [-0.2, -0.15) is 0 Å². The van der Waals surface area contributed by atoms with E-state index in [1.54, 1.807) is 0 Å². The average molecular weight is 316 g/mol. The van der Waals surface area contributed by atoms with Gasteiger partial charge in [0.25, 0.3) is 0 Å². The lowest BCUT2D eigenvalue weighted by Crippen LogP contribution is -2.10. The minimum absolute atomic E-state index is 0.153. The minimum atomic E-state index is 0.153. The number of nitrogens with two attached hydrogens (primary N) is 1. The van der Waals surface area contributed by atoms with Gasteiger partial charge < -0.3 is 10.3 Å². The molecule has 3 rings (SSSR count). The van der Waals surface area contributed by atoms with Gasteiger partial charge in [0.2, 0.25) is 5.95 Å². The first-order valence-electron chi connectivity index (χ1n) is 6.15. The molecular weight excluding hydrogens is 302 g/mol. The molecule has 3 aromatic rings. The van der Waals surface area contributed by atoms with Crippen molar-refractivity contribution in [1.82, 2.24) is 9.55 Å². The van der Waals surface area contributed by atoms with Crippen LogP contribution in [0.25, 0.3) is 11.0 Å². The maximum absolute atomic E-state index is 6.08. The Kier molecular flexibility index (Phi) is 3.03. The Labute approximate surface area is 120 Å². The lowest BCUT2D eigenvalue weighted by molar-refractivity contribution is 0.668. The van der Waals surface area contributed by atoms with Gasteiger partial charge >= 0.3 is 0 Å². The molecule has 0 unspecified atom stereocenters. The van der Waals surface area contributed by atoms with E-state index in [0.29, 0.717) is 5.95 Å². The van der Waals surface area contributed by atoms with Crippen LogP contribution in [0.15, 0.2) is 53.0 Å². The van der Waals surface area contributed by atoms with Gasteiger partial charge in [0.05, 0.1) is 17.1 Å². The first kappa shape index (κ1) is 12.2. The quantitative estimate of drug-likeness (QED) is 0.777. The van der Waals surface area contributed by atoms with Crippen molar-refractivity contribution in [3.05, 3.63) is 58.6 Å². The van der Waals surface area contributed by atoms with E-state index in [0.717, 1.165) is 15.5 Å². The van der Waals surface area contributed by atoms with E-state index in [-0.39, 0.29) is 6.04 Å². The fourth-order valence-corrected chi connectivity index (χ4v) is 2.72. The fraction of sp³-hybridized carbons (Fsp3) is 0.133. The van der Waals surface area contributed by atoms with E-state index in [1.165, 1.54) is 5.56 Å². The molecule has 0 amide bonds. The number of rotatable bonds is 2. The number of anilines is 1. The molecule has 3 nitrogen and oxygen atoms in total. The summed E-state index contributed by atoms with van der Waals surface area (Å²) < 4.78 is 3.09. The molecule has 96 valence electrons. The van der Waals surface area contributed by atoms with Gasteiger partial charge in [-0.05, 0) is 30.7 Å². The molecule has 0 bridgehead atoms. The topological polar surface area (TPSA) is 43.8 Å².